The fraction of sp³-hybridized carbons (Fsp3) is 0.421. The van der Waals surface area contributed by atoms with Crippen LogP contribution in [0.3, 0.4) is 0 Å². The van der Waals surface area contributed by atoms with E-state index in [9.17, 15) is 19.3 Å². The van der Waals surface area contributed by atoms with Crippen LogP contribution in [0.4, 0.5) is 20.7 Å². The number of nitro benzene ring substituents is 1. The number of non-ortho nitro benzene ring substituents is 1. The van der Waals surface area contributed by atoms with Crippen LogP contribution in [0.25, 0.3) is 0 Å². The Kier molecular flexibility index (Phi) is 5.70. The summed E-state index contributed by atoms with van der Waals surface area (Å²) < 4.78 is 24.8. The molecule has 1 saturated carbocycles. The summed E-state index contributed by atoms with van der Waals surface area (Å²) in [6, 6.07) is 4.50. The molecule has 30 heavy (non-hydrogen) atoms. The van der Waals surface area contributed by atoms with Crippen molar-refractivity contribution in [2.24, 2.45) is 0 Å². The third-order valence-corrected chi connectivity index (χ3v) is 4.98. The van der Waals surface area contributed by atoms with E-state index in [0.29, 0.717) is 13.2 Å². The van der Waals surface area contributed by atoms with Crippen molar-refractivity contribution in [2.75, 3.05) is 18.5 Å². The second-order valence-electron chi connectivity index (χ2n) is 7.13. The van der Waals surface area contributed by atoms with Crippen LogP contribution in [0.5, 0.6) is 11.6 Å². The summed E-state index contributed by atoms with van der Waals surface area (Å²) in [6.45, 7) is 1.26. The number of nitrogens with one attached hydrogen (secondary N) is 1. The van der Waals surface area contributed by atoms with Crippen LogP contribution in [0.15, 0.2) is 30.6 Å². The highest BCUT2D eigenvalue weighted by molar-refractivity contribution is 5.89. The van der Waals surface area contributed by atoms with Crippen LogP contribution in [-0.2, 0) is 4.74 Å². The first-order valence-corrected chi connectivity index (χ1v) is 9.62. The fourth-order valence-corrected chi connectivity index (χ4v) is 3.38. The number of nitrogens with zero attached hydrogens (tertiary/aromatic N) is 4. The van der Waals surface area contributed by atoms with Crippen molar-refractivity contribution in [1.29, 1.82) is 0 Å². The summed E-state index contributed by atoms with van der Waals surface area (Å²) in [6.07, 6.45) is 4.72. The lowest BCUT2D eigenvalue weighted by Gasteiger charge is -2.34. The molecule has 1 saturated heterocycles. The molecule has 0 radical (unpaired) electrons. The Morgan fingerprint density at radius 1 is 1.20 bits per heavy atom. The Hall–Kier alpha value is -3.34. The van der Waals surface area contributed by atoms with E-state index in [1.165, 1.54) is 12.4 Å². The van der Waals surface area contributed by atoms with Gasteiger partial charge in [-0.05, 0) is 31.7 Å². The maximum Gasteiger partial charge on any atom is 0.323 e. The minimum Gasteiger partial charge on any atom is -0.436 e. The molecule has 2 amide bonds. The second kappa shape index (κ2) is 8.57. The molecule has 1 aliphatic carbocycles. The summed E-state index contributed by atoms with van der Waals surface area (Å²) >= 11 is 0. The van der Waals surface area contributed by atoms with E-state index in [4.69, 9.17) is 9.47 Å². The van der Waals surface area contributed by atoms with Gasteiger partial charge in [0.15, 0.2) is 11.6 Å². The lowest BCUT2D eigenvalue weighted by Crippen LogP contribution is -2.46. The Bertz CT molecular complexity index is 949. The predicted octanol–water partition coefficient (Wildman–Crippen LogP) is 3.49. The highest BCUT2D eigenvalue weighted by Gasteiger charge is 2.38. The first-order chi connectivity index (χ1) is 14.5. The Morgan fingerprint density at radius 2 is 1.93 bits per heavy atom. The maximum absolute atomic E-state index is 14.1. The first-order valence-electron chi connectivity index (χ1n) is 9.62. The molecule has 0 spiro atoms. The maximum atomic E-state index is 14.1. The van der Waals surface area contributed by atoms with Gasteiger partial charge in [-0.15, -0.1) is 0 Å². The number of rotatable bonds is 6. The molecule has 10 nitrogen and oxygen atoms in total. The normalized spacial score (nSPS) is 16.7. The average molecular weight is 417 g/mol. The van der Waals surface area contributed by atoms with Gasteiger partial charge >= 0.3 is 6.03 Å². The molecule has 1 aromatic carbocycles. The van der Waals surface area contributed by atoms with Gasteiger partial charge < -0.3 is 14.4 Å². The lowest BCUT2D eigenvalue weighted by atomic mass is 10.1. The number of carbonyl (C=O) groups excluding carboxylic acids is 1. The predicted molar refractivity (Wildman–Crippen MR) is 103 cm³/mol. The van der Waals surface area contributed by atoms with Gasteiger partial charge in [-0.1, -0.05) is 0 Å². The van der Waals surface area contributed by atoms with Crippen LogP contribution in [0, 0.1) is 15.9 Å². The number of nitro groups is 1. The van der Waals surface area contributed by atoms with E-state index in [1.807, 2.05) is 4.90 Å². The minimum absolute atomic E-state index is 0.00269. The van der Waals surface area contributed by atoms with E-state index in [-0.39, 0.29) is 41.2 Å². The monoisotopic (exact) mass is 417 g/mol. The third kappa shape index (κ3) is 4.62. The van der Waals surface area contributed by atoms with E-state index in [0.717, 1.165) is 43.9 Å². The summed E-state index contributed by atoms with van der Waals surface area (Å²) in [5.74, 6) is -0.909. The third-order valence-electron chi connectivity index (χ3n) is 4.98. The molecule has 1 aromatic heterocycles. The van der Waals surface area contributed by atoms with Gasteiger partial charge in [-0.25, -0.2) is 19.2 Å². The molecule has 2 aliphatic rings. The molecule has 0 bridgehead atoms. The number of benzene rings is 1. The van der Waals surface area contributed by atoms with Gasteiger partial charge in [0.25, 0.3) is 5.69 Å². The number of carbonyl (C=O) groups is 1. The largest absolute Gasteiger partial charge is 0.436 e. The average Bonchev–Trinajstić information content (AvgIpc) is 3.55. The summed E-state index contributed by atoms with van der Waals surface area (Å²) in [4.78, 5) is 32.7. The zero-order chi connectivity index (χ0) is 21.1. The number of halogens is 1. The molecule has 2 heterocycles. The van der Waals surface area contributed by atoms with Gasteiger partial charge in [-0.2, -0.15) is 0 Å². The Balaban J connectivity index is 1.45. The molecule has 0 atom stereocenters. The second-order valence-corrected chi connectivity index (χ2v) is 7.13. The van der Waals surface area contributed by atoms with Crippen molar-refractivity contribution < 1.29 is 23.6 Å². The van der Waals surface area contributed by atoms with Crippen LogP contribution in [0.1, 0.15) is 25.7 Å². The van der Waals surface area contributed by atoms with E-state index in [1.54, 1.807) is 0 Å². The summed E-state index contributed by atoms with van der Waals surface area (Å²) in [5.41, 5.74) is -0.385. The Labute approximate surface area is 171 Å². The van der Waals surface area contributed by atoms with Gasteiger partial charge in [0.1, 0.15) is 12.1 Å². The smallest absolute Gasteiger partial charge is 0.323 e. The SMILES string of the molecule is O=C(Nc1cc(Oc2ccc([N+](=O)[O-])cc2F)ncn1)N(C1CCOCC1)C1CC1. The number of anilines is 1. The van der Waals surface area contributed by atoms with E-state index < -0.39 is 10.7 Å². The quantitative estimate of drug-likeness (QED) is 0.564. The number of hydrogen-bond donors (Lipinski definition) is 1. The summed E-state index contributed by atoms with van der Waals surface area (Å²) in [5, 5.41) is 13.5. The molecule has 4 rings (SSSR count). The van der Waals surface area contributed by atoms with Gasteiger partial charge in [0.2, 0.25) is 5.88 Å². The van der Waals surface area contributed by atoms with Gasteiger partial charge in [0.05, 0.1) is 11.0 Å². The lowest BCUT2D eigenvalue weighted by molar-refractivity contribution is -0.385. The van der Waals surface area contributed by atoms with Crippen LogP contribution >= 0.6 is 0 Å². The zero-order valence-electron chi connectivity index (χ0n) is 16.0. The standard InChI is InChI=1S/C19H20FN5O5/c20-15-9-14(25(27)28)3-4-16(15)30-18-10-17(21-11-22-18)23-19(26)24(12-1-2-12)13-5-7-29-8-6-13/h3-4,9-13H,1-2,5-8H2,(H,21,22,23,26). The molecule has 1 N–H and O–H groups in total. The van der Waals surface area contributed by atoms with Gasteiger partial charge in [0, 0.05) is 37.4 Å². The number of amides is 2. The molecule has 11 heteroatoms. The van der Waals surface area contributed by atoms with Gasteiger partial charge in [-0.3, -0.25) is 15.4 Å². The van der Waals surface area contributed by atoms with Crippen LogP contribution in [-0.4, -0.2) is 51.1 Å². The molecular weight excluding hydrogens is 397 g/mol. The Morgan fingerprint density at radius 3 is 2.60 bits per heavy atom. The van der Waals surface area contributed by atoms with Crippen molar-refractivity contribution >= 4 is 17.5 Å². The minimum atomic E-state index is -0.896. The van der Waals surface area contributed by atoms with Crippen molar-refractivity contribution in [2.45, 2.75) is 37.8 Å². The summed E-state index contributed by atoms with van der Waals surface area (Å²) in [7, 11) is 0. The van der Waals surface area contributed by atoms with Crippen molar-refractivity contribution in [3.05, 3.63) is 46.5 Å². The number of aromatic nitrogens is 2. The zero-order valence-corrected chi connectivity index (χ0v) is 16.0. The highest BCUT2D eigenvalue weighted by Crippen LogP contribution is 2.32. The number of urea groups is 1. The van der Waals surface area contributed by atoms with Crippen molar-refractivity contribution in [1.82, 2.24) is 14.9 Å². The van der Waals surface area contributed by atoms with Crippen LogP contribution in [0.2, 0.25) is 0 Å². The van der Waals surface area contributed by atoms with Crippen LogP contribution < -0.4 is 10.1 Å². The first kappa shape index (κ1) is 20.0. The van der Waals surface area contributed by atoms with E-state index >= 15 is 0 Å². The molecule has 158 valence electrons. The molecular formula is C19H20FN5O5. The molecule has 0 unspecified atom stereocenters. The topological polar surface area (TPSA) is 120 Å². The number of hydrogen-bond acceptors (Lipinski definition) is 7. The highest BCUT2D eigenvalue weighted by atomic mass is 19.1. The molecule has 2 aromatic rings. The fourth-order valence-electron chi connectivity index (χ4n) is 3.38. The molecule has 2 fully saturated rings. The van der Waals surface area contributed by atoms with Crippen molar-refractivity contribution in [3.8, 4) is 11.6 Å². The molecule has 1 aliphatic heterocycles. The number of ether oxygens (including phenoxy) is 2. The van der Waals surface area contributed by atoms with Crippen molar-refractivity contribution in [3.63, 3.8) is 0 Å². The van der Waals surface area contributed by atoms with E-state index in [2.05, 4.69) is 15.3 Å².